The molecular weight excluding hydrogens is 513 g/mol. The van der Waals surface area contributed by atoms with Crippen LogP contribution in [0.1, 0.15) is 25.5 Å². The van der Waals surface area contributed by atoms with Gasteiger partial charge in [0.25, 0.3) is 0 Å². The summed E-state index contributed by atoms with van der Waals surface area (Å²) in [5.74, 6) is 1.78. The SMILES string of the molecule is CCOC(=O)N1CCC(NC(=NCCN2CCOCC2)NCCc2ccco2)CC1.I. The number of guanidine groups is 1. The molecule has 1 amide bonds. The number of hydrogen-bond donors (Lipinski definition) is 2. The molecule has 2 aliphatic rings. The monoisotopic (exact) mass is 549 g/mol. The molecule has 0 radical (unpaired) electrons. The molecule has 0 spiro atoms. The molecule has 176 valence electrons. The summed E-state index contributed by atoms with van der Waals surface area (Å²) in [5, 5.41) is 6.98. The third-order valence-corrected chi connectivity index (χ3v) is 5.40. The number of ether oxygens (including phenoxy) is 2. The number of nitrogens with one attached hydrogen (secondary N) is 2. The first kappa shape index (κ1) is 25.7. The Morgan fingerprint density at radius 3 is 2.71 bits per heavy atom. The van der Waals surface area contributed by atoms with Crippen molar-refractivity contribution in [3.05, 3.63) is 24.2 Å². The van der Waals surface area contributed by atoms with Crippen molar-refractivity contribution in [1.29, 1.82) is 0 Å². The summed E-state index contributed by atoms with van der Waals surface area (Å²) in [6.45, 7) is 9.59. The normalized spacial score (nSPS) is 18.4. The molecule has 1 aromatic rings. The van der Waals surface area contributed by atoms with Gasteiger partial charge in [0.1, 0.15) is 5.76 Å². The zero-order valence-corrected chi connectivity index (χ0v) is 20.7. The number of halogens is 1. The van der Waals surface area contributed by atoms with Crippen LogP contribution < -0.4 is 10.6 Å². The first-order valence-electron chi connectivity index (χ1n) is 11.0. The van der Waals surface area contributed by atoms with Crippen molar-refractivity contribution < 1.29 is 18.7 Å². The third kappa shape index (κ3) is 9.24. The number of nitrogens with zero attached hydrogens (tertiary/aromatic N) is 3. The van der Waals surface area contributed by atoms with Gasteiger partial charge < -0.3 is 29.4 Å². The Kier molecular flexibility index (Phi) is 12.0. The number of likely N-dealkylation sites (tertiary alicyclic amines) is 1. The van der Waals surface area contributed by atoms with Crippen LogP contribution in [0.15, 0.2) is 27.8 Å². The van der Waals surface area contributed by atoms with E-state index in [4.69, 9.17) is 18.9 Å². The fraction of sp³-hybridized carbons (Fsp3) is 0.714. The van der Waals surface area contributed by atoms with Crippen molar-refractivity contribution in [2.24, 2.45) is 4.99 Å². The summed E-state index contributed by atoms with van der Waals surface area (Å²) in [6.07, 6.45) is 4.04. The van der Waals surface area contributed by atoms with Crippen molar-refractivity contribution in [3.63, 3.8) is 0 Å². The van der Waals surface area contributed by atoms with E-state index in [1.54, 1.807) is 11.2 Å². The largest absolute Gasteiger partial charge is 0.469 e. The molecule has 0 aliphatic carbocycles. The number of furan rings is 1. The average Bonchev–Trinajstić information content (AvgIpc) is 3.28. The maximum atomic E-state index is 11.9. The van der Waals surface area contributed by atoms with E-state index in [-0.39, 0.29) is 36.1 Å². The number of morpholine rings is 1. The summed E-state index contributed by atoms with van der Waals surface area (Å²) < 4.78 is 15.9. The number of hydrogen-bond acceptors (Lipinski definition) is 6. The van der Waals surface area contributed by atoms with E-state index in [1.807, 2.05) is 19.1 Å². The van der Waals surface area contributed by atoms with Crippen molar-refractivity contribution >= 4 is 36.0 Å². The smallest absolute Gasteiger partial charge is 0.409 e. The van der Waals surface area contributed by atoms with E-state index < -0.39 is 0 Å². The molecule has 9 nitrogen and oxygen atoms in total. The van der Waals surface area contributed by atoms with Gasteiger partial charge in [-0.1, -0.05) is 0 Å². The molecule has 3 heterocycles. The van der Waals surface area contributed by atoms with Crippen molar-refractivity contribution in [3.8, 4) is 0 Å². The average molecular weight is 549 g/mol. The lowest BCUT2D eigenvalue weighted by atomic mass is 10.1. The van der Waals surface area contributed by atoms with Gasteiger partial charge in [0.05, 0.1) is 32.6 Å². The van der Waals surface area contributed by atoms with Gasteiger partial charge >= 0.3 is 6.09 Å². The lowest BCUT2D eigenvalue weighted by Crippen LogP contribution is -2.50. The lowest BCUT2D eigenvalue weighted by Gasteiger charge is -2.32. The van der Waals surface area contributed by atoms with Crippen LogP contribution >= 0.6 is 24.0 Å². The van der Waals surface area contributed by atoms with Crippen LogP contribution in [0, 0.1) is 0 Å². The van der Waals surface area contributed by atoms with E-state index in [2.05, 4.69) is 15.5 Å². The standard InChI is InChI=1S/C21H35N5O4.HI/c1-2-29-21(27)26-10-6-18(7-11-26)24-20(22-8-5-19-4-3-15-30-19)23-9-12-25-13-16-28-17-14-25;/h3-4,15,18H,2,5-14,16-17H2,1H3,(H2,22,23,24);1H. The molecule has 2 N–H and O–H groups in total. The highest BCUT2D eigenvalue weighted by Crippen LogP contribution is 2.11. The molecule has 0 aromatic carbocycles. The molecule has 31 heavy (non-hydrogen) atoms. The molecular formula is C21H36IN5O4. The Hall–Kier alpha value is -1.53. The summed E-state index contributed by atoms with van der Waals surface area (Å²) >= 11 is 0. The second-order valence-electron chi connectivity index (χ2n) is 7.55. The van der Waals surface area contributed by atoms with Gasteiger partial charge in [-0.25, -0.2) is 4.79 Å². The zero-order chi connectivity index (χ0) is 21.0. The number of aliphatic imine (C=N–C) groups is 1. The summed E-state index contributed by atoms with van der Waals surface area (Å²) in [6, 6.07) is 4.17. The molecule has 0 unspecified atom stereocenters. The Morgan fingerprint density at radius 1 is 1.26 bits per heavy atom. The zero-order valence-electron chi connectivity index (χ0n) is 18.4. The highest BCUT2D eigenvalue weighted by atomic mass is 127. The van der Waals surface area contributed by atoms with Crippen LogP contribution in [0.2, 0.25) is 0 Å². The maximum Gasteiger partial charge on any atom is 0.409 e. The molecule has 2 saturated heterocycles. The second kappa shape index (κ2) is 14.5. The minimum Gasteiger partial charge on any atom is -0.469 e. The molecule has 2 aliphatic heterocycles. The lowest BCUT2D eigenvalue weighted by molar-refractivity contribution is 0.0394. The van der Waals surface area contributed by atoms with Crippen molar-refractivity contribution in [1.82, 2.24) is 20.4 Å². The molecule has 10 heteroatoms. The van der Waals surface area contributed by atoms with Crippen LogP contribution in [-0.4, -0.2) is 93.5 Å². The predicted molar refractivity (Wildman–Crippen MR) is 130 cm³/mol. The van der Waals surface area contributed by atoms with Gasteiger partial charge in [0.2, 0.25) is 0 Å². The molecule has 0 saturated carbocycles. The number of amides is 1. The minimum atomic E-state index is -0.216. The van der Waals surface area contributed by atoms with Gasteiger partial charge in [-0.2, -0.15) is 0 Å². The quantitative estimate of drug-likeness (QED) is 0.291. The van der Waals surface area contributed by atoms with Crippen LogP contribution in [-0.2, 0) is 15.9 Å². The van der Waals surface area contributed by atoms with E-state index >= 15 is 0 Å². The fourth-order valence-electron chi connectivity index (χ4n) is 3.65. The topological polar surface area (TPSA) is 91.6 Å². The van der Waals surface area contributed by atoms with Gasteiger partial charge in [-0.3, -0.25) is 9.89 Å². The first-order chi connectivity index (χ1) is 14.7. The van der Waals surface area contributed by atoms with Gasteiger partial charge in [0, 0.05) is 51.7 Å². The molecule has 2 fully saturated rings. The highest BCUT2D eigenvalue weighted by molar-refractivity contribution is 14.0. The van der Waals surface area contributed by atoms with Gasteiger partial charge in [0.15, 0.2) is 5.96 Å². The van der Waals surface area contributed by atoms with Crippen LogP contribution in [0.25, 0.3) is 0 Å². The number of carbonyl (C=O) groups excluding carboxylic acids is 1. The van der Waals surface area contributed by atoms with Crippen LogP contribution in [0.4, 0.5) is 4.79 Å². The maximum absolute atomic E-state index is 11.9. The van der Waals surface area contributed by atoms with E-state index in [0.717, 1.165) is 76.9 Å². The molecule has 1 aromatic heterocycles. The van der Waals surface area contributed by atoms with E-state index in [0.29, 0.717) is 19.7 Å². The summed E-state index contributed by atoms with van der Waals surface area (Å²) in [7, 11) is 0. The number of piperidine rings is 1. The first-order valence-corrected chi connectivity index (χ1v) is 11.0. The Bertz CT molecular complexity index is 644. The Morgan fingerprint density at radius 2 is 2.03 bits per heavy atom. The fourth-order valence-corrected chi connectivity index (χ4v) is 3.65. The predicted octanol–water partition coefficient (Wildman–Crippen LogP) is 1.93. The Balaban J connectivity index is 0.00000341. The van der Waals surface area contributed by atoms with Crippen molar-refractivity contribution in [2.45, 2.75) is 32.2 Å². The summed E-state index contributed by atoms with van der Waals surface area (Å²) in [5.41, 5.74) is 0. The molecule has 0 atom stereocenters. The number of rotatable bonds is 8. The second-order valence-corrected chi connectivity index (χ2v) is 7.55. The molecule has 3 rings (SSSR count). The van der Waals surface area contributed by atoms with E-state index in [9.17, 15) is 4.79 Å². The van der Waals surface area contributed by atoms with Gasteiger partial charge in [-0.05, 0) is 31.9 Å². The van der Waals surface area contributed by atoms with E-state index in [1.165, 1.54) is 0 Å². The highest BCUT2D eigenvalue weighted by Gasteiger charge is 2.24. The number of carbonyl (C=O) groups is 1. The van der Waals surface area contributed by atoms with Gasteiger partial charge in [-0.15, -0.1) is 24.0 Å². The van der Waals surface area contributed by atoms with Crippen molar-refractivity contribution in [2.75, 3.05) is 65.6 Å². The van der Waals surface area contributed by atoms with Crippen LogP contribution in [0.3, 0.4) is 0 Å². The minimum absolute atomic E-state index is 0. The Labute approximate surface area is 201 Å². The summed E-state index contributed by atoms with van der Waals surface area (Å²) in [4.78, 5) is 20.8. The third-order valence-electron chi connectivity index (χ3n) is 5.40. The van der Waals surface area contributed by atoms with Crippen LogP contribution in [0.5, 0.6) is 0 Å². The molecule has 0 bridgehead atoms.